The van der Waals surface area contributed by atoms with Crippen LogP contribution in [0.4, 0.5) is 5.69 Å². The Morgan fingerprint density at radius 2 is 1.90 bits per heavy atom. The molecule has 0 aliphatic rings. The van der Waals surface area contributed by atoms with Gasteiger partial charge < -0.3 is 5.32 Å². The summed E-state index contributed by atoms with van der Waals surface area (Å²) < 4.78 is 0. The maximum absolute atomic E-state index is 12.4. The lowest BCUT2D eigenvalue weighted by Gasteiger charge is -2.10. The highest BCUT2D eigenvalue weighted by Crippen LogP contribution is 2.17. The van der Waals surface area contributed by atoms with Crippen molar-refractivity contribution in [3.8, 4) is 6.07 Å². The predicted molar refractivity (Wildman–Crippen MR) is 87.6 cm³/mol. The second-order valence-corrected chi connectivity index (χ2v) is 5.88. The maximum Gasteiger partial charge on any atom is 0.255 e. The van der Waals surface area contributed by atoms with Gasteiger partial charge in [-0.3, -0.25) is 4.79 Å². The molecule has 2 rings (SSSR count). The predicted octanol–water partition coefficient (Wildman–Crippen LogP) is 4.08. The molecule has 0 aliphatic carbocycles. The van der Waals surface area contributed by atoms with Crippen molar-refractivity contribution < 1.29 is 4.79 Å². The molecule has 2 aromatic carbocycles. The molecule has 0 saturated heterocycles. The minimum Gasteiger partial charge on any atom is -0.322 e. The third kappa shape index (κ3) is 4.17. The summed E-state index contributed by atoms with van der Waals surface area (Å²) in [5.74, 6) is -0.160. The molecule has 0 saturated carbocycles. The zero-order valence-corrected chi connectivity index (χ0v) is 13.2. The van der Waals surface area contributed by atoms with Gasteiger partial charge in [0.25, 0.3) is 5.91 Å². The Bertz CT molecular complexity index is 674. The third-order valence-electron chi connectivity index (χ3n) is 3.11. The van der Waals surface area contributed by atoms with Gasteiger partial charge in [-0.05, 0) is 37.1 Å². The summed E-state index contributed by atoms with van der Waals surface area (Å²) in [6.07, 6.45) is 0.494. The van der Waals surface area contributed by atoms with Crippen LogP contribution in [0.3, 0.4) is 0 Å². The summed E-state index contributed by atoms with van der Waals surface area (Å²) in [5.41, 5.74) is 3.35. The topological polar surface area (TPSA) is 52.9 Å². The molecular weight excluding hydrogens is 328 g/mol. The fraction of sp³-hybridized carbons (Fsp3) is 0.176. The highest BCUT2D eigenvalue weighted by molar-refractivity contribution is 9.09. The Morgan fingerprint density at radius 1 is 1.24 bits per heavy atom. The lowest BCUT2D eigenvalue weighted by atomic mass is 10.0. The number of benzene rings is 2. The van der Waals surface area contributed by atoms with Crippen molar-refractivity contribution in [3.05, 3.63) is 65.2 Å². The van der Waals surface area contributed by atoms with Gasteiger partial charge in [0.1, 0.15) is 4.83 Å². The third-order valence-corrected chi connectivity index (χ3v) is 3.64. The molecule has 3 nitrogen and oxygen atoms in total. The molecule has 1 amide bonds. The van der Waals surface area contributed by atoms with Gasteiger partial charge in [-0.2, -0.15) is 5.26 Å². The second-order valence-electron chi connectivity index (χ2n) is 4.78. The number of rotatable bonds is 4. The number of hydrogen-bond donors (Lipinski definition) is 1. The minimum atomic E-state index is -0.300. The quantitative estimate of drug-likeness (QED) is 0.851. The SMILES string of the molecule is Cc1ccc(NC(=O)c2ccccc2CC(Br)C#N)cc1. The van der Waals surface area contributed by atoms with Crippen LogP contribution in [0.15, 0.2) is 48.5 Å². The van der Waals surface area contributed by atoms with Crippen molar-refractivity contribution in [2.24, 2.45) is 0 Å². The number of anilines is 1. The molecule has 21 heavy (non-hydrogen) atoms. The van der Waals surface area contributed by atoms with Crippen LogP contribution in [0, 0.1) is 18.3 Å². The second kappa shape index (κ2) is 7.05. The van der Waals surface area contributed by atoms with E-state index in [2.05, 4.69) is 27.3 Å². The highest BCUT2D eigenvalue weighted by Gasteiger charge is 2.13. The van der Waals surface area contributed by atoms with Crippen LogP contribution in [-0.4, -0.2) is 10.7 Å². The first kappa shape index (κ1) is 15.3. The molecule has 0 aromatic heterocycles. The molecule has 0 bridgehead atoms. The highest BCUT2D eigenvalue weighted by atomic mass is 79.9. The number of aryl methyl sites for hydroxylation is 1. The standard InChI is InChI=1S/C17H15BrN2O/c1-12-6-8-15(9-7-12)20-17(21)16-5-3-2-4-13(16)10-14(18)11-19/h2-9,14H,10H2,1H3,(H,20,21). The van der Waals surface area contributed by atoms with E-state index in [1.807, 2.05) is 49.4 Å². The van der Waals surface area contributed by atoms with E-state index in [9.17, 15) is 4.79 Å². The summed E-state index contributed by atoms with van der Waals surface area (Å²) in [7, 11) is 0. The van der Waals surface area contributed by atoms with Crippen molar-refractivity contribution in [2.45, 2.75) is 18.2 Å². The van der Waals surface area contributed by atoms with Crippen LogP contribution in [0.2, 0.25) is 0 Å². The molecule has 1 atom stereocenters. The number of carbonyl (C=O) groups excluding carboxylic acids is 1. The number of nitrogens with zero attached hydrogens (tertiary/aromatic N) is 1. The molecular formula is C17H15BrN2O. The van der Waals surface area contributed by atoms with E-state index in [0.29, 0.717) is 12.0 Å². The van der Waals surface area contributed by atoms with E-state index in [0.717, 1.165) is 16.8 Å². The first-order chi connectivity index (χ1) is 10.1. The molecule has 0 radical (unpaired) electrons. The monoisotopic (exact) mass is 342 g/mol. The minimum absolute atomic E-state index is 0.160. The van der Waals surface area contributed by atoms with Gasteiger partial charge in [-0.1, -0.05) is 51.8 Å². The molecule has 0 fully saturated rings. The number of nitriles is 1. The van der Waals surface area contributed by atoms with Crippen molar-refractivity contribution in [1.82, 2.24) is 0 Å². The fourth-order valence-electron chi connectivity index (χ4n) is 1.99. The van der Waals surface area contributed by atoms with Crippen LogP contribution in [-0.2, 0) is 6.42 Å². The molecule has 1 N–H and O–H groups in total. The molecule has 106 valence electrons. The van der Waals surface area contributed by atoms with Crippen molar-refractivity contribution in [1.29, 1.82) is 5.26 Å². The van der Waals surface area contributed by atoms with Crippen LogP contribution in [0.1, 0.15) is 21.5 Å². The van der Waals surface area contributed by atoms with Gasteiger partial charge in [0.2, 0.25) is 0 Å². The van der Waals surface area contributed by atoms with E-state index < -0.39 is 0 Å². The van der Waals surface area contributed by atoms with Crippen LogP contribution < -0.4 is 5.32 Å². The number of nitrogens with one attached hydrogen (secondary N) is 1. The molecule has 1 unspecified atom stereocenters. The van der Waals surface area contributed by atoms with Gasteiger partial charge in [0, 0.05) is 11.3 Å². The van der Waals surface area contributed by atoms with Crippen LogP contribution in [0.5, 0.6) is 0 Å². The number of halogens is 1. The molecule has 0 heterocycles. The summed E-state index contributed by atoms with van der Waals surface area (Å²) in [6.45, 7) is 2.00. The maximum atomic E-state index is 12.4. The average molecular weight is 343 g/mol. The number of carbonyl (C=O) groups is 1. The summed E-state index contributed by atoms with van der Waals surface area (Å²) in [4.78, 5) is 12.1. The number of hydrogen-bond acceptors (Lipinski definition) is 2. The Labute approximate surface area is 132 Å². The van der Waals surface area contributed by atoms with Crippen LogP contribution in [0.25, 0.3) is 0 Å². The van der Waals surface area contributed by atoms with E-state index in [1.54, 1.807) is 6.07 Å². The lowest BCUT2D eigenvalue weighted by Crippen LogP contribution is -2.15. The Morgan fingerprint density at radius 3 is 2.57 bits per heavy atom. The van der Waals surface area contributed by atoms with Crippen molar-refractivity contribution in [3.63, 3.8) is 0 Å². The van der Waals surface area contributed by atoms with Crippen molar-refractivity contribution >= 4 is 27.5 Å². The zero-order valence-electron chi connectivity index (χ0n) is 11.6. The summed E-state index contributed by atoms with van der Waals surface area (Å²) in [5, 5.41) is 11.8. The van der Waals surface area contributed by atoms with Gasteiger partial charge in [-0.25, -0.2) is 0 Å². The van der Waals surface area contributed by atoms with Gasteiger partial charge in [0.05, 0.1) is 6.07 Å². The first-order valence-corrected chi connectivity index (χ1v) is 7.51. The smallest absolute Gasteiger partial charge is 0.255 e. The summed E-state index contributed by atoms with van der Waals surface area (Å²) in [6, 6.07) is 17.1. The van der Waals surface area contributed by atoms with E-state index >= 15 is 0 Å². The zero-order chi connectivity index (χ0) is 15.2. The Hall–Kier alpha value is -2.12. The molecule has 4 heteroatoms. The number of alkyl halides is 1. The van der Waals surface area contributed by atoms with Gasteiger partial charge >= 0.3 is 0 Å². The van der Waals surface area contributed by atoms with E-state index in [4.69, 9.17) is 5.26 Å². The van der Waals surface area contributed by atoms with Gasteiger partial charge in [-0.15, -0.1) is 0 Å². The molecule has 2 aromatic rings. The number of amides is 1. The molecule has 0 spiro atoms. The molecule has 0 aliphatic heterocycles. The Balaban J connectivity index is 2.19. The first-order valence-electron chi connectivity index (χ1n) is 6.60. The van der Waals surface area contributed by atoms with E-state index in [-0.39, 0.29) is 10.7 Å². The summed E-state index contributed by atoms with van der Waals surface area (Å²) >= 11 is 3.28. The normalized spacial score (nSPS) is 11.5. The lowest BCUT2D eigenvalue weighted by molar-refractivity contribution is 0.102. The van der Waals surface area contributed by atoms with E-state index in [1.165, 1.54) is 0 Å². The van der Waals surface area contributed by atoms with Crippen LogP contribution >= 0.6 is 15.9 Å². The fourth-order valence-corrected chi connectivity index (χ4v) is 2.34. The van der Waals surface area contributed by atoms with Gasteiger partial charge in [0.15, 0.2) is 0 Å². The Kier molecular flexibility index (Phi) is 5.13. The largest absolute Gasteiger partial charge is 0.322 e. The van der Waals surface area contributed by atoms with Crippen molar-refractivity contribution in [2.75, 3.05) is 5.32 Å². The average Bonchev–Trinajstić information content (AvgIpc) is 2.50.